The van der Waals surface area contributed by atoms with Gasteiger partial charge in [-0.3, -0.25) is 0 Å². The van der Waals surface area contributed by atoms with Crippen LogP contribution in [0.3, 0.4) is 0 Å². The fourth-order valence-corrected chi connectivity index (χ4v) is 6.40. The summed E-state index contributed by atoms with van der Waals surface area (Å²) in [6, 6.07) is 0.489. The molecule has 0 radical (unpaired) electrons. The van der Waals surface area contributed by atoms with Gasteiger partial charge in [-0.05, 0) is 70.4 Å². The minimum absolute atomic E-state index is 0.353. The summed E-state index contributed by atoms with van der Waals surface area (Å²) >= 11 is 1.82. The normalized spacial score (nSPS) is 19.6. The minimum Gasteiger partial charge on any atom is -0.389 e. The Hall–Kier alpha value is -2.29. The van der Waals surface area contributed by atoms with Crippen LogP contribution in [0.4, 0.5) is 0 Å². The monoisotopic (exact) mass is 480 g/mol. The Morgan fingerprint density at radius 1 is 1.21 bits per heavy atom. The summed E-state index contributed by atoms with van der Waals surface area (Å²) in [4.78, 5) is 14.5. The van der Waals surface area contributed by atoms with Gasteiger partial charge >= 0.3 is 0 Å². The van der Waals surface area contributed by atoms with Crippen molar-refractivity contribution in [1.82, 2.24) is 29.9 Å². The first-order valence-electron chi connectivity index (χ1n) is 12.4. The maximum Gasteiger partial charge on any atom is 0.158 e. The molecule has 4 heterocycles. The molecule has 182 valence electrons. The van der Waals surface area contributed by atoms with E-state index in [1.807, 2.05) is 29.7 Å². The van der Waals surface area contributed by atoms with Crippen LogP contribution in [0.1, 0.15) is 86.9 Å². The zero-order valence-electron chi connectivity index (χ0n) is 21.1. The van der Waals surface area contributed by atoms with Crippen molar-refractivity contribution in [3.05, 3.63) is 34.2 Å². The first-order chi connectivity index (χ1) is 16.1. The Labute approximate surface area is 205 Å². The third-order valence-corrected chi connectivity index (χ3v) is 8.41. The average molecular weight is 481 g/mol. The number of hydrogen-bond acceptors (Lipinski definition) is 6. The molecule has 0 spiro atoms. The maximum atomic E-state index is 10.0. The Morgan fingerprint density at radius 2 is 1.94 bits per heavy atom. The Morgan fingerprint density at radius 3 is 2.62 bits per heavy atom. The van der Waals surface area contributed by atoms with Gasteiger partial charge in [-0.15, -0.1) is 11.3 Å². The van der Waals surface area contributed by atoms with Crippen LogP contribution in [0.2, 0.25) is 0 Å². The fourth-order valence-electron chi connectivity index (χ4n) is 5.24. The number of aryl methyl sites for hydroxylation is 1. The van der Waals surface area contributed by atoms with Crippen molar-refractivity contribution in [3.8, 4) is 11.3 Å². The van der Waals surface area contributed by atoms with Crippen LogP contribution in [-0.4, -0.2) is 47.9 Å². The van der Waals surface area contributed by atoms with Crippen LogP contribution in [0.15, 0.2) is 12.5 Å². The predicted molar refractivity (Wildman–Crippen MR) is 139 cm³/mol. The lowest BCUT2D eigenvalue weighted by atomic mass is 9.86. The molecule has 4 aromatic heterocycles. The summed E-state index contributed by atoms with van der Waals surface area (Å²) < 4.78 is 1.87. The first-order valence-corrected chi connectivity index (χ1v) is 13.2. The second-order valence-corrected chi connectivity index (χ2v) is 11.9. The molecule has 34 heavy (non-hydrogen) atoms. The van der Waals surface area contributed by atoms with Crippen molar-refractivity contribution in [2.75, 3.05) is 6.54 Å². The highest BCUT2D eigenvalue weighted by atomic mass is 32.1. The van der Waals surface area contributed by atoms with E-state index in [4.69, 9.17) is 4.98 Å². The second kappa shape index (κ2) is 8.73. The van der Waals surface area contributed by atoms with Gasteiger partial charge in [-0.25, -0.2) is 14.5 Å². The number of nitrogens with zero attached hydrogens (tertiary/aromatic N) is 4. The van der Waals surface area contributed by atoms with Gasteiger partial charge in [-0.1, -0.05) is 13.8 Å². The average Bonchev–Trinajstić information content (AvgIpc) is 3.48. The molecule has 0 bridgehead atoms. The molecule has 7 nitrogen and oxygen atoms in total. The molecule has 0 amide bonds. The van der Waals surface area contributed by atoms with E-state index in [1.165, 1.54) is 26.5 Å². The van der Waals surface area contributed by atoms with Crippen molar-refractivity contribution < 1.29 is 5.11 Å². The summed E-state index contributed by atoms with van der Waals surface area (Å²) in [6.07, 6.45) is 8.26. The molecule has 1 fully saturated rings. The van der Waals surface area contributed by atoms with Gasteiger partial charge in [0.05, 0.1) is 16.3 Å². The quantitative estimate of drug-likeness (QED) is 0.341. The van der Waals surface area contributed by atoms with Gasteiger partial charge < -0.3 is 15.4 Å². The molecule has 5 rings (SSSR count). The Kier molecular flexibility index (Phi) is 6.02. The molecule has 0 aliphatic heterocycles. The molecule has 0 unspecified atom stereocenters. The van der Waals surface area contributed by atoms with Crippen LogP contribution in [0.5, 0.6) is 0 Å². The van der Waals surface area contributed by atoms with Gasteiger partial charge in [0.15, 0.2) is 5.65 Å². The highest BCUT2D eigenvalue weighted by Crippen LogP contribution is 2.42. The summed E-state index contributed by atoms with van der Waals surface area (Å²) in [7, 11) is 0. The minimum atomic E-state index is -0.661. The topological polar surface area (TPSA) is 91.1 Å². The molecule has 0 aromatic carbocycles. The van der Waals surface area contributed by atoms with E-state index in [1.54, 1.807) is 6.33 Å². The number of thiazole rings is 1. The van der Waals surface area contributed by atoms with Gasteiger partial charge in [0, 0.05) is 35.8 Å². The number of aliphatic hydroxyl groups is 1. The Bertz CT molecular complexity index is 1320. The number of H-pyrrole nitrogens is 1. The molecule has 1 saturated carbocycles. The molecular formula is C26H36N6OS. The molecular weight excluding hydrogens is 444 g/mol. The largest absolute Gasteiger partial charge is 0.389 e. The summed E-state index contributed by atoms with van der Waals surface area (Å²) in [5.41, 5.74) is 7.39. The van der Waals surface area contributed by atoms with Crippen molar-refractivity contribution in [3.63, 3.8) is 0 Å². The molecule has 3 N–H and O–H groups in total. The highest BCUT2D eigenvalue weighted by molar-refractivity contribution is 7.18. The molecule has 8 heteroatoms. The van der Waals surface area contributed by atoms with E-state index < -0.39 is 5.60 Å². The smallest absolute Gasteiger partial charge is 0.158 e. The number of fused-ring (bicyclic) bond motifs is 2. The van der Waals surface area contributed by atoms with Crippen LogP contribution in [0, 0.1) is 13.8 Å². The van der Waals surface area contributed by atoms with Crippen molar-refractivity contribution >= 4 is 27.3 Å². The molecule has 0 atom stereocenters. The van der Waals surface area contributed by atoms with Gasteiger partial charge in [-0.2, -0.15) is 5.10 Å². The summed E-state index contributed by atoms with van der Waals surface area (Å²) in [5, 5.41) is 19.2. The lowest BCUT2D eigenvalue weighted by Gasteiger charge is -2.30. The second-order valence-electron chi connectivity index (χ2n) is 10.9. The number of aromatic nitrogens is 5. The van der Waals surface area contributed by atoms with Crippen molar-refractivity contribution in [2.24, 2.45) is 0 Å². The fraction of sp³-hybridized carbons (Fsp3) is 0.577. The highest BCUT2D eigenvalue weighted by Gasteiger charge is 2.28. The van der Waals surface area contributed by atoms with E-state index in [-0.39, 0.29) is 0 Å². The van der Waals surface area contributed by atoms with Crippen LogP contribution in [0.25, 0.3) is 27.3 Å². The zero-order valence-corrected chi connectivity index (χ0v) is 21.9. The van der Waals surface area contributed by atoms with Gasteiger partial charge in [0.1, 0.15) is 16.7 Å². The SMILES string of the molecule is Cc1c(-c2[nH]c3sc(C4CCC(NCC(C)(C)O)CC4)nc3c2C(C)C)cn2ncnc2c1C. The number of aromatic amines is 1. The predicted octanol–water partition coefficient (Wildman–Crippen LogP) is 5.46. The molecule has 0 saturated heterocycles. The van der Waals surface area contributed by atoms with E-state index in [9.17, 15) is 5.11 Å². The summed E-state index contributed by atoms with van der Waals surface area (Å²) in [6.45, 7) is 13.1. The van der Waals surface area contributed by atoms with E-state index in [0.29, 0.717) is 24.4 Å². The van der Waals surface area contributed by atoms with Gasteiger partial charge in [0.25, 0.3) is 0 Å². The van der Waals surface area contributed by atoms with E-state index in [0.717, 1.165) is 48.1 Å². The standard InChI is InChI=1S/C26H36N6OS/c1-14(2)20-21(19-11-32-23(28-13-29-32)16(4)15(19)3)30-25-22(20)31-24(34-25)17-7-9-18(10-8-17)27-12-26(5,6)33/h11,13-14,17-18,27,30,33H,7-10,12H2,1-6H3. The van der Waals surface area contributed by atoms with Crippen LogP contribution < -0.4 is 5.32 Å². The number of nitrogens with one attached hydrogen (secondary N) is 2. The molecule has 1 aliphatic rings. The number of pyridine rings is 1. The van der Waals surface area contributed by atoms with Crippen LogP contribution in [-0.2, 0) is 0 Å². The van der Waals surface area contributed by atoms with E-state index >= 15 is 0 Å². The Balaban J connectivity index is 1.43. The van der Waals surface area contributed by atoms with Crippen molar-refractivity contribution in [2.45, 2.75) is 90.7 Å². The zero-order chi connectivity index (χ0) is 24.2. The molecule has 1 aliphatic carbocycles. The number of hydrogen-bond donors (Lipinski definition) is 3. The molecule has 4 aromatic rings. The first kappa shape index (κ1) is 23.5. The lowest BCUT2D eigenvalue weighted by molar-refractivity contribution is 0.0742. The van der Waals surface area contributed by atoms with Gasteiger partial charge in [0.2, 0.25) is 0 Å². The van der Waals surface area contributed by atoms with Crippen LogP contribution >= 0.6 is 11.3 Å². The lowest BCUT2D eigenvalue weighted by Crippen LogP contribution is -2.42. The third-order valence-electron chi connectivity index (χ3n) is 7.28. The van der Waals surface area contributed by atoms with Crippen molar-refractivity contribution in [1.29, 1.82) is 0 Å². The number of rotatable bonds is 6. The third kappa shape index (κ3) is 4.27. The maximum absolute atomic E-state index is 10.0. The van der Waals surface area contributed by atoms with E-state index in [2.05, 4.69) is 54.3 Å². The summed E-state index contributed by atoms with van der Waals surface area (Å²) in [5.74, 6) is 0.872.